The highest BCUT2D eigenvalue weighted by atomic mass is 79.9. The van der Waals surface area contributed by atoms with Gasteiger partial charge in [0.1, 0.15) is 11.8 Å². The third kappa shape index (κ3) is 4.69. The molecule has 7 nitrogen and oxygen atoms in total. The molecule has 132 valence electrons. The molecule has 2 N–H and O–H groups in total. The second-order valence-corrected chi connectivity index (χ2v) is 6.32. The summed E-state index contributed by atoms with van der Waals surface area (Å²) in [6.45, 7) is 3.66. The third-order valence-corrected chi connectivity index (χ3v) is 4.48. The Labute approximate surface area is 153 Å². The van der Waals surface area contributed by atoms with Gasteiger partial charge in [-0.05, 0) is 43.7 Å². The highest BCUT2D eigenvalue weighted by Crippen LogP contribution is 2.29. The highest BCUT2D eigenvalue weighted by Gasteiger charge is 2.17. The fourth-order valence-electron chi connectivity index (χ4n) is 2.20. The number of hydrogen-bond acceptors (Lipinski definition) is 5. The number of nitro benzene ring substituents is 1. The van der Waals surface area contributed by atoms with Crippen LogP contribution in [-0.4, -0.2) is 24.0 Å². The van der Waals surface area contributed by atoms with E-state index in [1.165, 1.54) is 25.3 Å². The third-order valence-electron chi connectivity index (χ3n) is 3.59. The number of ether oxygens (including phenoxy) is 1. The van der Waals surface area contributed by atoms with Crippen LogP contribution in [0, 0.1) is 17.0 Å². The normalized spacial score (nSPS) is 11.5. The summed E-state index contributed by atoms with van der Waals surface area (Å²) in [5, 5.41) is 16.7. The first kappa shape index (κ1) is 18.7. The van der Waals surface area contributed by atoms with Gasteiger partial charge in [-0.15, -0.1) is 0 Å². The van der Waals surface area contributed by atoms with Crippen LogP contribution in [0.3, 0.4) is 0 Å². The molecule has 0 aliphatic heterocycles. The fourth-order valence-corrected chi connectivity index (χ4v) is 2.44. The maximum Gasteiger partial charge on any atom is 0.271 e. The van der Waals surface area contributed by atoms with Crippen LogP contribution in [0.4, 0.5) is 17.1 Å². The minimum atomic E-state index is -0.551. The van der Waals surface area contributed by atoms with Gasteiger partial charge >= 0.3 is 0 Å². The number of rotatable bonds is 6. The van der Waals surface area contributed by atoms with Gasteiger partial charge in [0, 0.05) is 22.3 Å². The summed E-state index contributed by atoms with van der Waals surface area (Å²) in [6, 6.07) is 9.16. The lowest BCUT2D eigenvalue weighted by Gasteiger charge is -2.17. The number of amides is 1. The number of aryl methyl sites for hydroxylation is 1. The number of benzene rings is 2. The standard InChI is InChI=1S/C17H18BrN3O4/c1-10-8-12(4-6-14(10)18)19-11(2)17(22)20-15-9-13(21(23)24)5-7-16(15)25-3/h4-9,11,19H,1-3H3,(H,20,22)/t11-/m0/s1. The summed E-state index contributed by atoms with van der Waals surface area (Å²) in [5.74, 6) is 0.0185. The number of non-ortho nitro benzene ring substituents is 1. The van der Waals surface area contributed by atoms with Crippen molar-refractivity contribution in [2.45, 2.75) is 19.9 Å². The zero-order valence-corrected chi connectivity index (χ0v) is 15.6. The van der Waals surface area contributed by atoms with Crippen molar-refractivity contribution in [3.05, 3.63) is 56.5 Å². The van der Waals surface area contributed by atoms with Crippen molar-refractivity contribution in [1.29, 1.82) is 0 Å². The molecule has 0 radical (unpaired) electrons. The first-order chi connectivity index (χ1) is 11.8. The van der Waals surface area contributed by atoms with Crippen molar-refractivity contribution in [3.63, 3.8) is 0 Å². The Hall–Kier alpha value is -2.61. The van der Waals surface area contributed by atoms with E-state index in [-0.39, 0.29) is 17.3 Å². The van der Waals surface area contributed by atoms with Crippen molar-refractivity contribution in [3.8, 4) is 5.75 Å². The lowest BCUT2D eigenvalue weighted by Crippen LogP contribution is -2.32. The molecule has 0 saturated carbocycles. The van der Waals surface area contributed by atoms with Crippen LogP contribution in [-0.2, 0) is 4.79 Å². The molecule has 2 rings (SSSR count). The molecule has 25 heavy (non-hydrogen) atoms. The Morgan fingerprint density at radius 1 is 1.28 bits per heavy atom. The molecule has 0 fully saturated rings. The molecular weight excluding hydrogens is 390 g/mol. The number of anilines is 2. The first-order valence-electron chi connectivity index (χ1n) is 7.48. The van der Waals surface area contributed by atoms with E-state index < -0.39 is 11.0 Å². The molecule has 0 spiro atoms. The van der Waals surface area contributed by atoms with Crippen molar-refractivity contribution in [2.75, 3.05) is 17.7 Å². The van der Waals surface area contributed by atoms with E-state index in [0.29, 0.717) is 5.75 Å². The van der Waals surface area contributed by atoms with E-state index >= 15 is 0 Å². The number of nitrogens with zero attached hydrogens (tertiary/aromatic N) is 1. The average molecular weight is 408 g/mol. The number of nitrogens with one attached hydrogen (secondary N) is 2. The Kier molecular flexibility index (Phi) is 5.97. The Morgan fingerprint density at radius 2 is 2.00 bits per heavy atom. The maximum absolute atomic E-state index is 12.4. The number of methoxy groups -OCH3 is 1. The van der Waals surface area contributed by atoms with Gasteiger partial charge in [0.2, 0.25) is 5.91 Å². The second-order valence-electron chi connectivity index (χ2n) is 5.46. The zero-order chi connectivity index (χ0) is 18.6. The maximum atomic E-state index is 12.4. The summed E-state index contributed by atoms with van der Waals surface area (Å²) in [4.78, 5) is 22.8. The molecule has 2 aromatic rings. The second kappa shape index (κ2) is 7.98. The average Bonchev–Trinajstić information content (AvgIpc) is 2.57. The molecule has 2 aromatic carbocycles. The van der Waals surface area contributed by atoms with Crippen molar-refractivity contribution in [1.82, 2.24) is 0 Å². The van der Waals surface area contributed by atoms with E-state index in [1.807, 2.05) is 25.1 Å². The van der Waals surface area contributed by atoms with E-state index in [1.54, 1.807) is 6.92 Å². The van der Waals surface area contributed by atoms with Gasteiger partial charge in [-0.3, -0.25) is 14.9 Å². The minimum absolute atomic E-state index is 0.125. The van der Waals surface area contributed by atoms with Crippen LogP contribution in [0.5, 0.6) is 5.75 Å². The molecule has 1 amide bonds. The smallest absolute Gasteiger partial charge is 0.271 e. The predicted octanol–water partition coefficient (Wildman–Crippen LogP) is 4.11. The monoisotopic (exact) mass is 407 g/mol. The Morgan fingerprint density at radius 3 is 2.60 bits per heavy atom. The van der Waals surface area contributed by atoms with Gasteiger partial charge in [-0.2, -0.15) is 0 Å². The highest BCUT2D eigenvalue weighted by molar-refractivity contribution is 9.10. The number of carbonyl (C=O) groups excluding carboxylic acids is 1. The number of halogens is 1. The van der Waals surface area contributed by atoms with Crippen LogP contribution < -0.4 is 15.4 Å². The summed E-state index contributed by atoms with van der Waals surface area (Å²) in [7, 11) is 1.43. The molecule has 0 aliphatic carbocycles. The molecule has 0 aromatic heterocycles. The van der Waals surface area contributed by atoms with Crippen LogP contribution in [0.1, 0.15) is 12.5 Å². The van der Waals surface area contributed by atoms with Gasteiger partial charge in [0.15, 0.2) is 0 Å². The molecule has 0 unspecified atom stereocenters. The molecule has 0 saturated heterocycles. The number of hydrogen-bond donors (Lipinski definition) is 2. The van der Waals surface area contributed by atoms with Crippen molar-refractivity contribution >= 4 is 38.9 Å². The SMILES string of the molecule is COc1ccc([N+](=O)[O-])cc1NC(=O)[C@H](C)Nc1ccc(Br)c(C)c1. The molecule has 0 bridgehead atoms. The largest absolute Gasteiger partial charge is 0.495 e. The minimum Gasteiger partial charge on any atom is -0.495 e. The fraction of sp³-hybridized carbons (Fsp3) is 0.235. The van der Waals surface area contributed by atoms with Crippen molar-refractivity contribution in [2.24, 2.45) is 0 Å². The zero-order valence-electron chi connectivity index (χ0n) is 14.0. The van der Waals surface area contributed by atoms with E-state index in [4.69, 9.17) is 4.74 Å². The number of nitro groups is 1. The van der Waals surface area contributed by atoms with Crippen LogP contribution >= 0.6 is 15.9 Å². The molecule has 0 heterocycles. The first-order valence-corrected chi connectivity index (χ1v) is 8.27. The molecule has 8 heteroatoms. The number of carbonyl (C=O) groups is 1. The van der Waals surface area contributed by atoms with Gasteiger partial charge in [-0.25, -0.2) is 0 Å². The molecular formula is C17H18BrN3O4. The summed E-state index contributed by atoms with van der Waals surface area (Å²) >= 11 is 3.43. The summed E-state index contributed by atoms with van der Waals surface area (Å²) in [5.41, 5.74) is 1.97. The predicted molar refractivity (Wildman–Crippen MR) is 100 cm³/mol. The van der Waals surface area contributed by atoms with Crippen LogP contribution in [0.2, 0.25) is 0 Å². The van der Waals surface area contributed by atoms with Crippen LogP contribution in [0.15, 0.2) is 40.9 Å². The van der Waals surface area contributed by atoms with E-state index in [9.17, 15) is 14.9 Å². The van der Waals surface area contributed by atoms with Crippen LogP contribution in [0.25, 0.3) is 0 Å². The quantitative estimate of drug-likeness (QED) is 0.554. The topological polar surface area (TPSA) is 93.5 Å². The van der Waals surface area contributed by atoms with Gasteiger partial charge < -0.3 is 15.4 Å². The lowest BCUT2D eigenvalue weighted by atomic mass is 10.2. The van der Waals surface area contributed by atoms with Gasteiger partial charge in [0.05, 0.1) is 17.7 Å². The molecule has 0 aliphatic rings. The van der Waals surface area contributed by atoms with E-state index in [2.05, 4.69) is 26.6 Å². The van der Waals surface area contributed by atoms with Crippen molar-refractivity contribution < 1.29 is 14.5 Å². The van der Waals surface area contributed by atoms with Gasteiger partial charge in [-0.1, -0.05) is 15.9 Å². The summed E-state index contributed by atoms with van der Waals surface area (Å²) in [6.07, 6.45) is 0. The Bertz CT molecular complexity index is 810. The Balaban J connectivity index is 2.13. The van der Waals surface area contributed by atoms with Gasteiger partial charge in [0.25, 0.3) is 5.69 Å². The summed E-state index contributed by atoms with van der Waals surface area (Å²) < 4.78 is 6.13. The lowest BCUT2D eigenvalue weighted by molar-refractivity contribution is -0.384. The van der Waals surface area contributed by atoms with E-state index in [0.717, 1.165) is 15.7 Å². The molecule has 1 atom stereocenters.